The predicted molar refractivity (Wildman–Crippen MR) is 69.1 cm³/mol. The van der Waals surface area contributed by atoms with Crippen LogP contribution in [0.2, 0.25) is 0 Å². The Morgan fingerprint density at radius 2 is 1.79 bits per heavy atom. The van der Waals surface area contributed by atoms with Crippen molar-refractivity contribution in [3.8, 4) is 0 Å². The molecule has 0 amide bonds. The van der Waals surface area contributed by atoms with Crippen molar-refractivity contribution >= 4 is 15.9 Å². The largest absolute Gasteiger partial charge is 0.388 e. The SMILES string of the molecule is OC(Cc1cccc(F)c1F)c1ccc(F)c(Br)c1. The Kier molecular flexibility index (Phi) is 4.27. The van der Waals surface area contributed by atoms with E-state index in [1.54, 1.807) is 0 Å². The third-order valence-corrected chi connectivity index (χ3v) is 3.38. The average Bonchev–Trinajstić information content (AvgIpc) is 2.38. The second-order valence-corrected chi connectivity index (χ2v) is 4.96. The predicted octanol–water partition coefficient (Wildman–Crippen LogP) is 4.14. The molecule has 1 atom stereocenters. The third-order valence-electron chi connectivity index (χ3n) is 2.77. The fourth-order valence-corrected chi connectivity index (χ4v) is 2.15. The Hall–Kier alpha value is -1.33. The molecule has 1 N–H and O–H groups in total. The van der Waals surface area contributed by atoms with Gasteiger partial charge in [0.1, 0.15) is 5.82 Å². The second-order valence-electron chi connectivity index (χ2n) is 4.11. The molecule has 100 valence electrons. The van der Waals surface area contributed by atoms with Gasteiger partial charge in [-0.05, 0) is 45.3 Å². The lowest BCUT2D eigenvalue weighted by atomic mass is 10.0. The molecule has 0 aliphatic heterocycles. The molecule has 1 unspecified atom stereocenters. The van der Waals surface area contributed by atoms with Crippen molar-refractivity contribution in [1.29, 1.82) is 0 Å². The zero-order valence-corrected chi connectivity index (χ0v) is 11.3. The maximum atomic E-state index is 13.5. The van der Waals surface area contributed by atoms with Gasteiger partial charge < -0.3 is 5.11 Å². The van der Waals surface area contributed by atoms with Crippen molar-refractivity contribution in [1.82, 2.24) is 0 Å². The Balaban J connectivity index is 2.23. The molecule has 2 aromatic rings. The van der Waals surface area contributed by atoms with Gasteiger partial charge in [-0.15, -0.1) is 0 Å². The quantitative estimate of drug-likeness (QED) is 0.896. The molecule has 1 nitrogen and oxygen atoms in total. The van der Waals surface area contributed by atoms with Crippen molar-refractivity contribution < 1.29 is 18.3 Å². The van der Waals surface area contributed by atoms with Gasteiger partial charge in [-0.2, -0.15) is 0 Å². The molecule has 0 aliphatic carbocycles. The fourth-order valence-electron chi connectivity index (χ4n) is 1.75. The summed E-state index contributed by atoms with van der Waals surface area (Å²) in [6.07, 6.45) is -1.12. The van der Waals surface area contributed by atoms with Crippen LogP contribution in [0.25, 0.3) is 0 Å². The summed E-state index contributed by atoms with van der Waals surface area (Å²) in [6, 6.07) is 7.81. The van der Waals surface area contributed by atoms with Gasteiger partial charge in [-0.25, -0.2) is 13.2 Å². The summed E-state index contributed by atoms with van der Waals surface area (Å²) in [5.41, 5.74) is 0.505. The third kappa shape index (κ3) is 3.16. The number of benzene rings is 2. The lowest BCUT2D eigenvalue weighted by Gasteiger charge is -2.12. The molecule has 2 aromatic carbocycles. The molecule has 0 saturated carbocycles. The van der Waals surface area contributed by atoms with Crippen LogP contribution in [0.5, 0.6) is 0 Å². The lowest BCUT2D eigenvalue weighted by Crippen LogP contribution is -2.05. The molecule has 0 aromatic heterocycles. The molecule has 19 heavy (non-hydrogen) atoms. The summed E-state index contributed by atoms with van der Waals surface area (Å²) >= 11 is 3.01. The highest BCUT2D eigenvalue weighted by atomic mass is 79.9. The van der Waals surface area contributed by atoms with E-state index in [9.17, 15) is 18.3 Å². The molecule has 0 bridgehead atoms. The molecule has 0 saturated heterocycles. The monoisotopic (exact) mass is 330 g/mol. The number of hydrogen-bond donors (Lipinski definition) is 1. The Morgan fingerprint density at radius 1 is 1.05 bits per heavy atom. The highest BCUT2D eigenvalue weighted by molar-refractivity contribution is 9.10. The van der Waals surface area contributed by atoms with E-state index in [4.69, 9.17) is 0 Å². The molecule has 5 heteroatoms. The van der Waals surface area contributed by atoms with Crippen molar-refractivity contribution in [3.05, 3.63) is 69.4 Å². The van der Waals surface area contributed by atoms with Crippen LogP contribution in [-0.2, 0) is 6.42 Å². The van der Waals surface area contributed by atoms with Gasteiger partial charge in [-0.1, -0.05) is 18.2 Å². The van der Waals surface area contributed by atoms with E-state index in [0.29, 0.717) is 5.56 Å². The lowest BCUT2D eigenvalue weighted by molar-refractivity contribution is 0.176. The number of rotatable bonds is 3. The van der Waals surface area contributed by atoms with Crippen LogP contribution < -0.4 is 0 Å². The molecule has 0 fully saturated rings. The van der Waals surface area contributed by atoms with E-state index in [1.165, 1.54) is 30.3 Å². The molecule has 2 rings (SSSR count). The zero-order valence-electron chi connectivity index (χ0n) is 9.71. The van der Waals surface area contributed by atoms with Crippen LogP contribution in [0.4, 0.5) is 13.2 Å². The summed E-state index contributed by atoms with van der Waals surface area (Å²) in [6.45, 7) is 0. The van der Waals surface area contributed by atoms with Crippen LogP contribution in [0, 0.1) is 17.5 Å². The van der Waals surface area contributed by atoms with Crippen LogP contribution in [0.15, 0.2) is 40.9 Å². The first-order valence-electron chi connectivity index (χ1n) is 5.55. The van der Waals surface area contributed by atoms with Gasteiger partial charge in [-0.3, -0.25) is 0 Å². The van der Waals surface area contributed by atoms with Gasteiger partial charge in [0.2, 0.25) is 0 Å². The van der Waals surface area contributed by atoms with Gasteiger partial charge in [0.05, 0.1) is 10.6 Å². The fraction of sp³-hybridized carbons (Fsp3) is 0.143. The molecule has 0 aliphatic rings. The minimum Gasteiger partial charge on any atom is -0.388 e. The number of hydrogen-bond acceptors (Lipinski definition) is 1. The summed E-state index contributed by atoms with van der Waals surface area (Å²) < 4.78 is 39.8. The molecular formula is C14H10BrF3O. The maximum absolute atomic E-state index is 13.5. The first kappa shape index (κ1) is 14.1. The minimum atomic E-state index is -1.03. The summed E-state index contributed by atoms with van der Waals surface area (Å²) in [4.78, 5) is 0. The molecular weight excluding hydrogens is 321 g/mol. The van der Waals surface area contributed by atoms with Gasteiger partial charge in [0.15, 0.2) is 11.6 Å². The number of aliphatic hydroxyl groups is 1. The van der Waals surface area contributed by atoms with Gasteiger partial charge in [0.25, 0.3) is 0 Å². The topological polar surface area (TPSA) is 20.2 Å². The summed E-state index contributed by atoms with van der Waals surface area (Å²) in [7, 11) is 0. The van der Waals surface area contributed by atoms with E-state index in [2.05, 4.69) is 15.9 Å². The van der Waals surface area contributed by atoms with Crippen molar-refractivity contribution in [2.24, 2.45) is 0 Å². The Morgan fingerprint density at radius 3 is 2.47 bits per heavy atom. The normalized spacial score (nSPS) is 12.5. The first-order chi connectivity index (χ1) is 8.99. The van der Waals surface area contributed by atoms with Crippen molar-refractivity contribution in [2.75, 3.05) is 0 Å². The smallest absolute Gasteiger partial charge is 0.162 e. The van der Waals surface area contributed by atoms with E-state index >= 15 is 0 Å². The molecule has 0 heterocycles. The van der Waals surface area contributed by atoms with Crippen LogP contribution in [0.3, 0.4) is 0 Å². The van der Waals surface area contributed by atoms with E-state index < -0.39 is 23.6 Å². The highest BCUT2D eigenvalue weighted by Gasteiger charge is 2.15. The zero-order chi connectivity index (χ0) is 14.0. The second kappa shape index (κ2) is 5.75. The van der Waals surface area contributed by atoms with Gasteiger partial charge in [0, 0.05) is 6.42 Å². The van der Waals surface area contributed by atoms with Gasteiger partial charge >= 0.3 is 0 Å². The highest BCUT2D eigenvalue weighted by Crippen LogP contribution is 2.25. The summed E-state index contributed by atoms with van der Waals surface area (Å²) in [5.74, 6) is -2.37. The standard InChI is InChI=1S/C14H10BrF3O/c15-10-6-8(4-5-11(10)16)13(19)7-9-2-1-3-12(17)14(9)18/h1-6,13,19H,7H2. The van der Waals surface area contributed by atoms with E-state index in [-0.39, 0.29) is 16.5 Å². The Bertz CT molecular complexity index is 601. The number of aliphatic hydroxyl groups excluding tert-OH is 1. The molecule has 0 radical (unpaired) electrons. The van der Waals surface area contributed by atoms with E-state index in [1.807, 2.05) is 0 Å². The Labute approximate surface area is 116 Å². The molecule has 0 spiro atoms. The minimum absolute atomic E-state index is 0.0768. The van der Waals surface area contributed by atoms with Crippen LogP contribution in [0.1, 0.15) is 17.2 Å². The van der Waals surface area contributed by atoms with Crippen molar-refractivity contribution in [2.45, 2.75) is 12.5 Å². The van der Waals surface area contributed by atoms with E-state index in [0.717, 1.165) is 6.07 Å². The summed E-state index contributed by atoms with van der Waals surface area (Å²) in [5, 5.41) is 9.97. The maximum Gasteiger partial charge on any atom is 0.162 e. The van der Waals surface area contributed by atoms with Crippen LogP contribution in [-0.4, -0.2) is 5.11 Å². The van der Waals surface area contributed by atoms with Crippen molar-refractivity contribution in [3.63, 3.8) is 0 Å². The number of halogens is 4. The van der Waals surface area contributed by atoms with Crippen LogP contribution >= 0.6 is 15.9 Å². The average molecular weight is 331 g/mol. The first-order valence-corrected chi connectivity index (χ1v) is 6.34.